The predicted octanol–water partition coefficient (Wildman–Crippen LogP) is 4.86. The van der Waals surface area contributed by atoms with Crippen LogP contribution in [0.2, 0.25) is 0 Å². The van der Waals surface area contributed by atoms with Crippen molar-refractivity contribution in [2.75, 3.05) is 6.54 Å². The standard InChI is InChI=1S/C21H24FN3O/c1-2-3-4-5-6-12-23-21(26)16-10-11-20-19(13-16)24-15-25(20)18-9-7-8-17(22)14-18/h7-11,13-15H,2-6,12H2,1H3,(H,23,26). The number of hydrogen-bond donors (Lipinski definition) is 1. The van der Waals surface area contributed by atoms with E-state index < -0.39 is 0 Å². The van der Waals surface area contributed by atoms with Gasteiger partial charge in [0.05, 0.1) is 16.7 Å². The maximum absolute atomic E-state index is 13.5. The van der Waals surface area contributed by atoms with E-state index in [9.17, 15) is 9.18 Å². The van der Waals surface area contributed by atoms with E-state index in [0.717, 1.165) is 18.4 Å². The molecule has 0 aliphatic carbocycles. The average molecular weight is 353 g/mol. The maximum Gasteiger partial charge on any atom is 0.251 e. The molecule has 5 heteroatoms. The molecule has 0 spiro atoms. The quantitative estimate of drug-likeness (QED) is 0.588. The fourth-order valence-electron chi connectivity index (χ4n) is 3.02. The molecule has 0 atom stereocenters. The van der Waals surface area contributed by atoms with Gasteiger partial charge in [-0.3, -0.25) is 9.36 Å². The van der Waals surface area contributed by atoms with Gasteiger partial charge in [-0.15, -0.1) is 0 Å². The van der Waals surface area contributed by atoms with Crippen molar-refractivity contribution in [2.24, 2.45) is 0 Å². The molecule has 2 aromatic carbocycles. The zero-order valence-electron chi connectivity index (χ0n) is 15.0. The molecular weight excluding hydrogens is 329 g/mol. The molecule has 0 unspecified atom stereocenters. The minimum Gasteiger partial charge on any atom is -0.352 e. The van der Waals surface area contributed by atoms with Gasteiger partial charge in [0.1, 0.15) is 12.1 Å². The number of nitrogens with one attached hydrogen (secondary N) is 1. The number of unbranched alkanes of at least 4 members (excludes halogenated alkanes) is 4. The average Bonchev–Trinajstić information content (AvgIpc) is 3.07. The smallest absolute Gasteiger partial charge is 0.251 e. The Labute approximate surface area is 153 Å². The van der Waals surface area contributed by atoms with Crippen LogP contribution >= 0.6 is 0 Å². The van der Waals surface area contributed by atoms with Crippen LogP contribution in [0.15, 0.2) is 48.8 Å². The Kier molecular flexibility index (Phi) is 6.00. The van der Waals surface area contributed by atoms with Crippen LogP contribution < -0.4 is 5.32 Å². The third-order valence-corrected chi connectivity index (χ3v) is 4.46. The lowest BCUT2D eigenvalue weighted by Gasteiger charge is -2.07. The number of carbonyl (C=O) groups is 1. The number of fused-ring (bicyclic) bond motifs is 1. The normalized spacial score (nSPS) is 11.0. The Balaban J connectivity index is 1.67. The van der Waals surface area contributed by atoms with E-state index >= 15 is 0 Å². The topological polar surface area (TPSA) is 46.9 Å². The van der Waals surface area contributed by atoms with E-state index in [2.05, 4.69) is 17.2 Å². The van der Waals surface area contributed by atoms with Crippen LogP contribution in [0.5, 0.6) is 0 Å². The lowest BCUT2D eigenvalue weighted by Crippen LogP contribution is -2.24. The summed E-state index contributed by atoms with van der Waals surface area (Å²) in [6.07, 6.45) is 7.48. The minimum absolute atomic E-state index is 0.0808. The van der Waals surface area contributed by atoms with Gasteiger partial charge in [0.15, 0.2) is 0 Å². The van der Waals surface area contributed by atoms with Gasteiger partial charge in [-0.05, 0) is 42.8 Å². The molecule has 0 bridgehead atoms. The Hall–Kier alpha value is -2.69. The first kappa shape index (κ1) is 18.1. The molecule has 26 heavy (non-hydrogen) atoms. The van der Waals surface area contributed by atoms with Crippen LogP contribution in [0.1, 0.15) is 49.4 Å². The molecular formula is C21H24FN3O. The fourth-order valence-corrected chi connectivity index (χ4v) is 3.02. The molecule has 1 N–H and O–H groups in total. The third kappa shape index (κ3) is 4.28. The van der Waals surface area contributed by atoms with Crippen molar-refractivity contribution in [3.05, 3.63) is 60.2 Å². The van der Waals surface area contributed by atoms with Crippen LogP contribution in [0.25, 0.3) is 16.7 Å². The second-order valence-corrected chi connectivity index (χ2v) is 6.47. The lowest BCUT2D eigenvalue weighted by molar-refractivity contribution is 0.0953. The molecule has 4 nitrogen and oxygen atoms in total. The summed E-state index contributed by atoms with van der Waals surface area (Å²) in [4.78, 5) is 16.7. The zero-order chi connectivity index (χ0) is 18.4. The van der Waals surface area contributed by atoms with Crippen molar-refractivity contribution in [3.63, 3.8) is 0 Å². The van der Waals surface area contributed by atoms with Crippen LogP contribution in [0, 0.1) is 5.82 Å². The van der Waals surface area contributed by atoms with Crippen LogP contribution in [0.4, 0.5) is 4.39 Å². The molecule has 0 saturated carbocycles. The number of rotatable bonds is 8. The highest BCUT2D eigenvalue weighted by molar-refractivity contribution is 5.97. The van der Waals surface area contributed by atoms with Gasteiger partial charge in [0.2, 0.25) is 0 Å². The number of halogens is 1. The van der Waals surface area contributed by atoms with Crippen LogP contribution in [-0.4, -0.2) is 22.0 Å². The monoisotopic (exact) mass is 353 g/mol. The summed E-state index contributed by atoms with van der Waals surface area (Å²) in [6.45, 7) is 2.88. The molecule has 0 saturated heterocycles. The zero-order valence-corrected chi connectivity index (χ0v) is 15.0. The highest BCUT2D eigenvalue weighted by atomic mass is 19.1. The van der Waals surface area contributed by atoms with Gasteiger partial charge < -0.3 is 5.32 Å². The molecule has 0 radical (unpaired) electrons. The molecule has 3 rings (SSSR count). The molecule has 0 aliphatic rings. The van der Waals surface area contributed by atoms with E-state index in [1.54, 1.807) is 24.5 Å². The molecule has 1 amide bonds. The lowest BCUT2D eigenvalue weighted by atomic mass is 10.1. The van der Waals surface area contributed by atoms with Crippen molar-refractivity contribution in [1.82, 2.24) is 14.9 Å². The summed E-state index contributed by atoms with van der Waals surface area (Å²) in [5.41, 5.74) is 2.85. The Morgan fingerprint density at radius 2 is 1.96 bits per heavy atom. The highest BCUT2D eigenvalue weighted by Gasteiger charge is 2.10. The summed E-state index contributed by atoms with van der Waals surface area (Å²) >= 11 is 0. The van der Waals surface area contributed by atoms with Crippen LogP contribution in [-0.2, 0) is 0 Å². The third-order valence-electron chi connectivity index (χ3n) is 4.46. The first-order chi connectivity index (χ1) is 12.7. The van der Waals surface area contributed by atoms with Crippen molar-refractivity contribution in [2.45, 2.75) is 39.0 Å². The number of amides is 1. The second kappa shape index (κ2) is 8.61. The molecule has 0 fully saturated rings. The van der Waals surface area contributed by atoms with E-state index in [-0.39, 0.29) is 11.7 Å². The second-order valence-electron chi connectivity index (χ2n) is 6.47. The summed E-state index contributed by atoms with van der Waals surface area (Å²) in [6, 6.07) is 11.8. The van der Waals surface area contributed by atoms with Gasteiger partial charge >= 0.3 is 0 Å². The van der Waals surface area contributed by atoms with Gasteiger partial charge in [0.25, 0.3) is 5.91 Å². The number of nitrogens with zero attached hydrogens (tertiary/aromatic N) is 2. The van der Waals surface area contributed by atoms with Crippen molar-refractivity contribution in [3.8, 4) is 5.69 Å². The maximum atomic E-state index is 13.5. The van der Waals surface area contributed by atoms with E-state index in [4.69, 9.17) is 0 Å². The summed E-state index contributed by atoms with van der Waals surface area (Å²) in [5, 5.41) is 2.96. The Morgan fingerprint density at radius 3 is 2.77 bits per heavy atom. The molecule has 0 aliphatic heterocycles. The SMILES string of the molecule is CCCCCCCNC(=O)c1ccc2c(c1)ncn2-c1cccc(F)c1. The predicted molar refractivity (Wildman–Crippen MR) is 102 cm³/mol. The summed E-state index contributed by atoms with van der Waals surface area (Å²) in [7, 11) is 0. The van der Waals surface area contributed by atoms with Gasteiger partial charge in [0, 0.05) is 12.1 Å². The first-order valence-corrected chi connectivity index (χ1v) is 9.20. The number of aromatic nitrogens is 2. The van der Waals surface area contributed by atoms with Gasteiger partial charge in [-0.1, -0.05) is 38.7 Å². The largest absolute Gasteiger partial charge is 0.352 e. The Morgan fingerprint density at radius 1 is 1.12 bits per heavy atom. The number of benzene rings is 2. The van der Waals surface area contributed by atoms with E-state index in [0.29, 0.717) is 23.3 Å². The van der Waals surface area contributed by atoms with E-state index in [1.807, 2.05) is 16.7 Å². The van der Waals surface area contributed by atoms with Crippen molar-refractivity contribution >= 4 is 16.9 Å². The Bertz CT molecular complexity index is 888. The molecule has 3 aromatic rings. The molecule has 1 aromatic heterocycles. The first-order valence-electron chi connectivity index (χ1n) is 9.20. The van der Waals surface area contributed by atoms with Crippen LogP contribution in [0.3, 0.4) is 0 Å². The van der Waals surface area contributed by atoms with E-state index in [1.165, 1.54) is 31.4 Å². The number of carbonyl (C=O) groups excluding carboxylic acids is 1. The summed E-state index contributed by atoms with van der Waals surface area (Å²) < 4.78 is 15.3. The van der Waals surface area contributed by atoms with Gasteiger partial charge in [-0.25, -0.2) is 9.37 Å². The number of hydrogen-bond acceptors (Lipinski definition) is 2. The van der Waals surface area contributed by atoms with Gasteiger partial charge in [-0.2, -0.15) is 0 Å². The van der Waals surface area contributed by atoms with Crippen molar-refractivity contribution in [1.29, 1.82) is 0 Å². The van der Waals surface area contributed by atoms with Crippen molar-refractivity contribution < 1.29 is 9.18 Å². The highest BCUT2D eigenvalue weighted by Crippen LogP contribution is 2.20. The molecule has 1 heterocycles. The minimum atomic E-state index is -0.292. The fraction of sp³-hybridized carbons (Fsp3) is 0.333. The summed E-state index contributed by atoms with van der Waals surface area (Å²) in [5.74, 6) is -0.373. The molecule has 136 valence electrons. The number of imidazole rings is 1.